The number of nitrogens with one attached hydrogen (secondary N) is 2. The number of esters is 1. The van der Waals surface area contributed by atoms with Gasteiger partial charge in [0.05, 0.1) is 12.7 Å². The van der Waals surface area contributed by atoms with E-state index in [1.54, 1.807) is 48.5 Å². The quantitative estimate of drug-likeness (QED) is 0.787. The zero-order chi connectivity index (χ0) is 18.2. The van der Waals surface area contributed by atoms with E-state index in [0.29, 0.717) is 22.7 Å². The van der Waals surface area contributed by atoms with Crippen LogP contribution < -0.4 is 15.4 Å². The molecule has 0 aliphatic heterocycles. The van der Waals surface area contributed by atoms with Gasteiger partial charge in [-0.2, -0.15) is 0 Å². The van der Waals surface area contributed by atoms with E-state index < -0.39 is 18.5 Å². The van der Waals surface area contributed by atoms with Crippen LogP contribution in [0.1, 0.15) is 17.3 Å². The molecule has 0 unspecified atom stereocenters. The number of rotatable bonds is 6. The SMILES string of the molecule is COc1ccc(C(=O)OCC(=O)Nc2cccc(NC(C)=O)c2)cc1. The average molecular weight is 342 g/mol. The summed E-state index contributed by atoms with van der Waals surface area (Å²) in [7, 11) is 1.53. The van der Waals surface area contributed by atoms with Crippen molar-refractivity contribution in [3.8, 4) is 5.75 Å². The maximum atomic E-state index is 11.9. The van der Waals surface area contributed by atoms with Crippen LogP contribution in [0.4, 0.5) is 11.4 Å². The topological polar surface area (TPSA) is 93.7 Å². The predicted octanol–water partition coefficient (Wildman–Crippen LogP) is 2.45. The molecular formula is C18H18N2O5. The third kappa shape index (κ3) is 5.65. The Morgan fingerprint density at radius 1 is 0.960 bits per heavy atom. The Bertz CT molecular complexity index is 771. The second kappa shape index (κ2) is 8.49. The van der Waals surface area contributed by atoms with E-state index in [2.05, 4.69) is 10.6 Å². The molecule has 0 radical (unpaired) electrons. The zero-order valence-corrected chi connectivity index (χ0v) is 13.9. The van der Waals surface area contributed by atoms with Crippen molar-refractivity contribution in [1.29, 1.82) is 0 Å². The Labute approximate surface area is 144 Å². The molecule has 2 aromatic rings. The minimum atomic E-state index is -0.607. The van der Waals surface area contributed by atoms with Crippen molar-refractivity contribution in [2.75, 3.05) is 24.4 Å². The molecule has 25 heavy (non-hydrogen) atoms. The van der Waals surface area contributed by atoms with E-state index in [4.69, 9.17) is 9.47 Å². The van der Waals surface area contributed by atoms with Crippen LogP contribution in [0.2, 0.25) is 0 Å². The maximum absolute atomic E-state index is 11.9. The summed E-state index contributed by atoms with van der Waals surface area (Å²) in [5, 5.41) is 5.21. The van der Waals surface area contributed by atoms with Gasteiger partial charge < -0.3 is 20.1 Å². The van der Waals surface area contributed by atoms with Crippen LogP contribution in [0.15, 0.2) is 48.5 Å². The Balaban J connectivity index is 1.87. The van der Waals surface area contributed by atoms with E-state index in [0.717, 1.165) is 0 Å². The summed E-state index contributed by atoms with van der Waals surface area (Å²) in [6.07, 6.45) is 0. The van der Waals surface area contributed by atoms with Gasteiger partial charge in [0.25, 0.3) is 5.91 Å². The summed E-state index contributed by atoms with van der Waals surface area (Å²) >= 11 is 0. The number of carbonyl (C=O) groups excluding carboxylic acids is 3. The number of carbonyl (C=O) groups is 3. The average Bonchev–Trinajstić information content (AvgIpc) is 2.59. The van der Waals surface area contributed by atoms with Crippen LogP contribution in [0.25, 0.3) is 0 Å². The first-order chi connectivity index (χ1) is 12.0. The van der Waals surface area contributed by atoms with Crippen molar-refractivity contribution in [3.05, 3.63) is 54.1 Å². The van der Waals surface area contributed by atoms with Gasteiger partial charge in [0.2, 0.25) is 5.91 Å². The van der Waals surface area contributed by atoms with Crippen LogP contribution >= 0.6 is 0 Å². The fourth-order valence-electron chi connectivity index (χ4n) is 2.02. The van der Waals surface area contributed by atoms with Gasteiger partial charge in [-0.3, -0.25) is 9.59 Å². The Morgan fingerprint density at radius 2 is 1.60 bits per heavy atom. The Hall–Kier alpha value is -3.35. The van der Waals surface area contributed by atoms with Gasteiger partial charge in [0, 0.05) is 18.3 Å². The molecular weight excluding hydrogens is 324 g/mol. The van der Waals surface area contributed by atoms with E-state index >= 15 is 0 Å². The standard InChI is InChI=1S/C18H18N2O5/c1-12(21)19-14-4-3-5-15(10-14)20-17(22)11-25-18(23)13-6-8-16(24-2)9-7-13/h3-10H,11H2,1-2H3,(H,19,21)(H,20,22). The fourth-order valence-corrected chi connectivity index (χ4v) is 2.02. The van der Waals surface area contributed by atoms with E-state index in [1.165, 1.54) is 14.0 Å². The van der Waals surface area contributed by atoms with Crippen molar-refractivity contribution in [3.63, 3.8) is 0 Å². The summed E-state index contributed by atoms with van der Waals surface area (Å²) < 4.78 is 9.97. The monoisotopic (exact) mass is 342 g/mol. The number of ether oxygens (including phenoxy) is 2. The number of methoxy groups -OCH3 is 1. The molecule has 0 spiro atoms. The van der Waals surface area contributed by atoms with Gasteiger partial charge in [-0.1, -0.05) is 6.07 Å². The molecule has 7 heteroatoms. The molecule has 0 aromatic heterocycles. The molecule has 2 rings (SSSR count). The molecule has 0 aliphatic carbocycles. The van der Waals surface area contributed by atoms with Gasteiger partial charge in [-0.05, 0) is 42.5 Å². The summed E-state index contributed by atoms with van der Waals surface area (Å²) in [5.41, 5.74) is 1.36. The number of amides is 2. The van der Waals surface area contributed by atoms with Gasteiger partial charge in [-0.15, -0.1) is 0 Å². The Kier molecular flexibility index (Phi) is 6.11. The largest absolute Gasteiger partial charge is 0.497 e. The molecule has 2 N–H and O–H groups in total. The summed E-state index contributed by atoms with van der Waals surface area (Å²) in [5.74, 6) is -0.683. The first kappa shape index (κ1) is 18.0. The highest BCUT2D eigenvalue weighted by Crippen LogP contribution is 2.15. The normalized spacial score (nSPS) is 9.84. The molecule has 0 saturated heterocycles. The van der Waals surface area contributed by atoms with E-state index in [1.807, 2.05) is 0 Å². The molecule has 0 aliphatic rings. The molecule has 0 saturated carbocycles. The van der Waals surface area contributed by atoms with Gasteiger partial charge in [-0.25, -0.2) is 4.79 Å². The molecule has 0 atom stereocenters. The van der Waals surface area contributed by atoms with Crippen LogP contribution in [-0.2, 0) is 14.3 Å². The second-order valence-corrected chi connectivity index (χ2v) is 5.11. The van der Waals surface area contributed by atoms with Gasteiger partial charge in [0.1, 0.15) is 5.75 Å². The van der Waals surface area contributed by atoms with Crippen LogP contribution in [0.3, 0.4) is 0 Å². The molecule has 0 bridgehead atoms. The molecule has 2 aromatic carbocycles. The summed E-state index contributed by atoms with van der Waals surface area (Å²) in [4.78, 5) is 34.8. The maximum Gasteiger partial charge on any atom is 0.338 e. The first-order valence-corrected chi connectivity index (χ1v) is 7.46. The second-order valence-electron chi connectivity index (χ2n) is 5.11. The van der Waals surface area contributed by atoms with Crippen molar-refractivity contribution in [2.24, 2.45) is 0 Å². The van der Waals surface area contributed by atoms with Crippen LogP contribution in [0, 0.1) is 0 Å². The van der Waals surface area contributed by atoms with Crippen LogP contribution in [0.5, 0.6) is 5.75 Å². The van der Waals surface area contributed by atoms with Crippen molar-refractivity contribution in [2.45, 2.75) is 6.92 Å². The number of hydrogen-bond donors (Lipinski definition) is 2. The zero-order valence-electron chi connectivity index (χ0n) is 13.9. The molecule has 2 amide bonds. The lowest BCUT2D eigenvalue weighted by Gasteiger charge is -2.09. The van der Waals surface area contributed by atoms with E-state index in [-0.39, 0.29) is 5.91 Å². The number of anilines is 2. The highest BCUT2D eigenvalue weighted by atomic mass is 16.5. The van der Waals surface area contributed by atoms with Crippen molar-refractivity contribution < 1.29 is 23.9 Å². The van der Waals surface area contributed by atoms with Gasteiger partial charge in [0.15, 0.2) is 6.61 Å². The Morgan fingerprint density at radius 3 is 2.20 bits per heavy atom. The van der Waals surface area contributed by atoms with Crippen LogP contribution in [-0.4, -0.2) is 31.5 Å². The first-order valence-electron chi connectivity index (χ1n) is 7.46. The lowest BCUT2D eigenvalue weighted by Crippen LogP contribution is -2.21. The fraction of sp³-hybridized carbons (Fsp3) is 0.167. The molecule has 0 heterocycles. The van der Waals surface area contributed by atoms with E-state index in [9.17, 15) is 14.4 Å². The predicted molar refractivity (Wildman–Crippen MR) is 92.7 cm³/mol. The third-order valence-corrected chi connectivity index (χ3v) is 3.13. The number of benzene rings is 2. The molecule has 130 valence electrons. The molecule has 7 nitrogen and oxygen atoms in total. The third-order valence-electron chi connectivity index (χ3n) is 3.13. The highest BCUT2D eigenvalue weighted by molar-refractivity contribution is 5.96. The van der Waals surface area contributed by atoms with Gasteiger partial charge >= 0.3 is 5.97 Å². The number of hydrogen-bond acceptors (Lipinski definition) is 5. The summed E-state index contributed by atoms with van der Waals surface area (Å²) in [6.45, 7) is 0.971. The lowest BCUT2D eigenvalue weighted by atomic mass is 10.2. The molecule has 0 fully saturated rings. The minimum Gasteiger partial charge on any atom is -0.497 e. The smallest absolute Gasteiger partial charge is 0.338 e. The van der Waals surface area contributed by atoms with Crippen molar-refractivity contribution >= 4 is 29.2 Å². The minimum absolute atomic E-state index is 0.211. The van der Waals surface area contributed by atoms with Crippen molar-refractivity contribution in [1.82, 2.24) is 0 Å². The highest BCUT2D eigenvalue weighted by Gasteiger charge is 2.11. The lowest BCUT2D eigenvalue weighted by molar-refractivity contribution is -0.119. The summed E-state index contributed by atoms with van der Waals surface area (Å²) in [6, 6.07) is 13.0.